The average molecular weight is 431 g/mol. The highest BCUT2D eigenvalue weighted by molar-refractivity contribution is 5.97. The Morgan fingerprint density at radius 2 is 1.81 bits per heavy atom. The molecule has 1 amide bonds. The second-order valence-corrected chi connectivity index (χ2v) is 8.46. The van der Waals surface area contributed by atoms with E-state index >= 15 is 0 Å². The number of amides is 1. The van der Waals surface area contributed by atoms with E-state index in [4.69, 9.17) is 8.83 Å². The van der Waals surface area contributed by atoms with Crippen molar-refractivity contribution in [2.75, 3.05) is 6.54 Å². The van der Waals surface area contributed by atoms with Gasteiger partial charge in [0.1, 0.15) is 16.9 Å². The zero-order valence-electron chi connectivity index (χ0n) is 17.9. The first-order valence-corrected chi connectivity index (χ1v) is 11.0. The van der Waals surface area contributed by atoms with Crippen LogP contribution in [0, 0.1) is 6.92 Å². The number of carbonyl (C=O) groups is 1. The molecule has 2 aromatic heterocycles. The highest BCUT2D eigenvalue weighted by Crippen LogP contribution is 2.35. The van der Waals surface area contributed by atoms with E-state index in [0.29, 0.717) is 11.1 Å². The Kier molecular flexibility index (Phi) is 5.31. The molecule has 5 rings (SSSR count). The van der Waals surface area contributed by atoms with Crippen LogP contribution in [0.3, 0.4) is 0 Å². The molecule has 1 aliphatic rings. The number of hydrogen-bond donors (Lipinski definition) is 2. The number of rotatable bonds is 5. The normalized spacial score (nSPS) is 14.4. The van der Waals surface area contributed by atoms with Gasteiger partial charge in [-0.1, -0.05) is 30.3 Å². The smallest absolute Gasteiger partial charge is 0.340 e. The Morgan fingerprint density at radius 3 is 2.62 bits per heavy atom. The summed E-state index contributed by atoms with van der Waals surface area (Å²) in [7, 11) is 0. The lowest BCUT2D eigenvalue weighted by molar-refractivity contribution is -0.120. The van der Waals surface area contributed by atoms with Gasteiger partial charge in [-0.15, -0.1) is 0 Å². The number of furan rings is 1. The molecule has 1 aliphatic carbocycles. The summed E-state index contributed by atoms with van der Waals surface area (Å²) >= 11 is 0. The summed E-state index contributed by atoms with van der Waals surface area (Å²) in [5.41, 5.74) is 3.73. The molecule has 0 spiro atoms. The molecule has 0 radical (unpaired) electrons. The minimum atomic E-state index is -0.810. The third kappa shape index (κ3) is 3.71. The maximum Gasteiger partial charge on any atom is 0.340 e. The minimum Gasteiger partial charge on any atom is -0.461 e. The van der Waals surface area contributed by atoms with Crippen LogP contribution in [0.15, 0.2) is 56.1 Å². The number of carbonyl (C=O) groups excluding carboxylic acids is 1. The number of benzene rings is 2. The van der Waals surface area contributed by atoms with Crippen molar-refractivity contribution in [2.45, 2.75) is 45.1 Å². The fraction of sp³-hybridized carbons (Fsp3) is 0.308. The number of hydrogen-bond acceptors (Lipinski definition) is 5. The monoisotopic (exact) mass is 431 g/mol. The molecular formula is C26H25NO5. The molecule has 4 aromatic rings. The quantitative estimate of drug-likeness (QED) is 0.464. The second kappa shape index (κ2) is 8.28. The van der Waals surface area contributed by atoms with Crippen LogP contribution in [-0.4, -0.2) is 17.6 Å². The van der Waals surface area contributed by atoms with Crippen LogP contribution in [0.2, 0.25) is 0 Å². The summed E-state index contributed by atoms with van der Waals surface area (Å²) in [5.74, 6) is 0.689. The van der Waals surface area contributed by atoms with Gasteiger partial charge in [0.05, 0.1) is 18.1 Å². The van der Waals surface area contributed by atoms with Gasteiger partial charge in [-0.2, -0.15) is 0 Å². The van der Waals surface area contributed by atoms with Crippen molar-refractivity contribution in [1.82, 2.24) is 5.32 Å². The molecule has 2 heterocycles. The molecule has 0 saturated heterocycles. The molecule has 0 unspecified atom stereocenters. The van der Waals surface area contributed by atoms with Gasteiger partial charge in [-0.25, -0.2) is 4.79 Å². The standard InChI is InChI=1S/C26H25NO5/c1-15-18-11-20-17-9-5-6-10-22(17)31-24(20)13-23(18)32-26(30)19(15)12-25(29)27-14-21(28)16-7-3-2-4-8-16/h2-4,7-8,11,13,21,28H,5-6,9-10,12,14H2,1H3,(H,27,29)/t21-/m1/s1. The Bertz CT molecular complexity index is 1370. The predicted molar refractivity (Wildman–Crippen MR) is 122 cm³/mol. The molecule has 0 bridgehead atoms. The van der Waals surface area contributed by atoms with Crippen molar-refractivity contribution in [1.29, 1.82) is 0 Å². The molecule has 0 saturated carbocycles. The number of aliphatic hydroxyl groups is 1. The molecule has 1 atom stereocenters. The summed E-state index contributed by atoms with van der Waals surface area (Å²) in [6.45, 7) is 1.92. The van der Waals surface area contributed by atoms with Gasteiger partial charge in [0.25, 0.3) is 0 Å². The maximum atomic E-state index is 12.7. The van der Waals surface area contributed by atoms with E-state index in [-0.39, 0.29) is 18.9 Å². The van der Waals surface area contributed by atoms with Crippen molar-refractivity contribution in [3.8, 4) is 0 Å². The first-order chi connectivity index (χ1) is 15.5. The highest BCUT2D eigenvalue weighted by atomic mass is 16.4. The van der Waals surface area contributed by atoms with Crippen LogP contribution in [0.25, 0.3) is 21.9 Å². The van der Waals surface area contributed by atoms with Gasteiger partial charge >= 0.3 is 5.63 Å². The van der Waals surface area contributed by atoms with E-state index in [9.17, 15) is 14.7 Å². The van der Waals surface area contributed by atoms with Crippen LogP contribution in [0.1, 0.15) is 47.0 Å². The van der Waals surface area contributed by atoms with Crippen LogP contribution in [-0.2, 0) is 24.1 Å². The van der Waals surface area contributed by atoms with Gasteiger partial charge in [0, 0.05) is 35.4 Å². The molecule has 164 valence electrons. The predicted octanol–water partition coefficient (Wildman–Crippen LogP) is 4.12. The van der Waals surface area contributed by atoms with E-state index in [1.807, 2.05) is 31.2 Å². The summed E-state index contributed by atoms with van der Waals surface area (Å²) in [6, 6.07) is 12.9. The van der Waals surface area contributed by atoms with Crippen LogP contribution in [0.4, 0.5) is 0 Å². The molecule has 6 heteroatoms. The Morgan fingerprint density at radius 1 is 1.06 bits per heavy atom. The summed E-state index contributed by atoms with van der Waals surface area (Å²) in [4.78, 5) is 25.2. The molecule has 2 aromatic carbocycles. The Hall–Kier alpha value is -3.38. The summed E-state index contributed by atoms with van der Waals surface area (Å²) in [5, 5.41) is 14.9. The van der Waals surface area contributed by atoms with Gasteiger partial charge in [0.15, 0.2) is 0 Å². The average Bonchev–Trinajstić information content (AvgIpc) is 3.17. The molecule has 0 fully saturated rings. The van der Waals surface area contributed by atoms with Crippen molar-refractivity contribution in [3.63, 3.8) is 0 Å². The topological polar surface area (TPSA) is 92.7 Å². The van der Waals surface area contributed by atoms with Gasteiger partial charge in [-0.3, -0.25) is 4.79 Å². The highest BCUT2D eigenvalue weighted by Gasteiger charge is 2.21. The SMILES string of the molecule is Cc1c(CC(=O)NC[C@@H](O)c2ccccc2)c(=O)oc2cc3oc4c(c3cc12)CCCC4. The third-order valence-electron chi connectivity index (χ3n) is 6.38. The zero-order chi connectivity index (χ0) is 22.2. The summed E-state index contributed by atoms with van der Waals surface area (Å²) < 4.78 is 11.6. The van der Waals surface area contributed by atoms with E-state index in [1.54, 1.807) is 18.2 Å². The van der Waals surface area contributed by atoms with Crippen LogP contribution >= 0.6 is 0 Å². The molecule has 2 N–H and O–H groups in total. The number of aliphatic hydroxyl groups excluding tert-OH is 1. The van der Waals surface area contributed by atoms with Crippen molar-refractivity contribution >= 4 is 27.8 Å². The van der Waals surface area contributed by atoms with E-state index in [2.05, 4.69) is 5.32 Å². The lowest BCUT2D eigenvalue weighted by atomic mass is 9.94. The lowest BCUT2D eigenvalue weighted by Crippen LogP contribution is -2.31. The number of nitrogens with one attached hydrogen (secondary N) is 1. The molecule has 0 aliphatic heterocycles. The molecule has 6 nitrogen and oxygen atoms in total. The summed E-state index contributed by atoms with van der Waals surface area (Å²) in [6.07, 6.45) is 3.27. The first kappa shape index (κ1) is 20.5. The third-order valence-corrected chi connectivity index (χ3v) is 6.38. The fourth-order valence-electron chi connectivity index (χ4n) is 4.58. The van der Waals surface area contributed by atoms with E-state index in [0.717, 1.165) is 58.9 Å². The van der Waals surface area contributed by atoms with Crippen LogP contribution < -0.4 is 10.9 Å². The van der Waals surface area contributed by atoms with Gasteiger partial charge < -0.3 is 19.3 Å². The fourth-order valence-corrected chi connectivity index (χ4v) is 4.58. The van der Waals surface area contributed by atoms with Gasteiger partial charge in [0.2, 0.25) is 5.91 Å². The largest absolute Gasteiger partial charge is 0.461 e. The van der Waals surface area contributed by atoms with Crippen molar-refractivity contribution in [3.05, 3.63) is 80.9 Å². The first-order valence-electron chi connectivity index (χ1n) is 11.0. The number of aryl methyl sites for hydroxylation is 3. The van der Waals surface area contributed by atoms with Crippen molar-refractivity contribution < 1.29 is 18.7 Å². The van der Waals surface area contributed by atoms with Crippen molar-refractivity contribution in [2.24, 2.45) is 0 Å². The Balaban J connectivity index is 1.41. The zero-order valence-corrected chi connectivity index (χ0v) is 17.9. The van der Waals surface area contributed by atoms with Gasteiger partial charge in [-0.05, 0) is 43.4 Å². The molecular weight excluding hydrogens is 406 g/mol. The number of fused-ring (bicyclic) bond motifs is 4. The molecule has 32 heavy (non-hydrogen) atoms. The van der Waals surface area contributed by atoms with Crippen LogP contribution in [0.5, 0.6) is 0 Å². The van der Waals surface area contributed by atoms with E-state index < -0.39 is 11.7 Å². The minimum absolute atomic E-state index is 0.0720. The Labute approximate surface area is 184 Å². The lowest BCUT2D eigenvalue weighted by Gasteiger charge is -2.13. The maximum absolute atomic E-state index is 12.7. The second-order valence-electron chi connectivity index (χ2n) is 8.46. The van der Waals surface area contributed by atoms with E-state index in [1.165, 1.54) is 5.56 Å².